The van der Waals surface area contributed by atoms with Gasteiger partial charge < -0.3 is 14.7 Å². The summed E-state index contributed by atoms with van der Waals surface area (Å²) in [6.45, 7) is 0.0513. The van der Waals surface area contributed by atoms with Gasteiger partial charge in [-0.25, -0.2) is 14.0 Å². The third-order valence-corrected chi connectivity index (χ3v) is 2.18. The lowest BCUT2D eigenvalue weighted by molar-refractivity contribution is -0.777. The zero-order valence-electron chi connectivity index (χ0n) is 9.19. The van der Waals surface area contributed by atoms with E-state index >= 15 is 0 Å². The number of alkyl halides is 4. The summed E-state index contributed by atoms with van der Waals surface area (Å²) in [6.07, 6.45) is -5.76. The second kappa shape index (κ2) is 7.47. The fraction of sp³-hybridized carbons (Fsp3) is 0.714. The molecule has 0 aromatic rings. The summed E-state index contributed by atoms with van der Waals surface area (Å²) < 4.78 is 61.5. The minimum Gasteiger partial charge on any atom is -0.691 e. The standard InChI is InChI=1S/C7H8F4O7S/c1-2-15-4(12)3-16-5(13)6(8,7(9,10)11)19-18-17-14/h14H,2-3H2,1H3/p-1. The summed E-state index contributed by atoms with van der Waals surface area (Å²) >= 11 is -1.25. The molecular formula is C7H7F4O7S-. The van der Waals surface area contributed by atoms with Gasteiger partial charge >= 0.3 is 23.1 Å². The monoisotopic (exact) mass is 311 g/mol. The number of carbonyl (C=O) groups is 2. The molecule has 0 heterocycles. The molecule has 0 aliphatic carbocycles. The molecule has 112 valence electrons. The van der Waals surface area contributed by atoms with Gasteiger partial charge in [0.2, 0.25) is 0 Å². The van der Waals surface area contributed by atoms with Crippen LogP contribution in [0.2, 0.25) is 0 Å². The zero-order valence-corrected chi connectivity index (χ0v) is 10.0. The van der Waals surface area contributed by atoms with Gasteiger partial charge in [-0.2, -0.15) is 17.5 Å². The topological polar surface area (TPSA) is 94.1 Å². The average molecular weight is 311 g/mol. The van der Waals surface area contributed by atoms with Crippen molar-refractivity contribution in [2.24, 2.45) is 0 Å². The van der Waals surface area contributed by atoms with E-state index in [1.807, 2.05) is 0 Å². The summed E-state index contributed by atoms with van der Waals surface area (Å²) in [4.78, 5) is 21.7. The Morgan fingerprint density at radius 3 is 2.21 bits per heavy atom. The summed E-state index contributed by atoms with van der Waals surface area (Å²) in [6, 6.07) is 0. The smallest absolute Gasteiger partial charge is 0.446 e. The Kier molecular flexibility index (Phi) is 7.04. The quantitative estimate of drug-likeness (QED) is 0.216. The van der Waals surface area contributed by atoms with E-state index in [-0.39, 0.29) is 6.61 Å². The molecule has 0 radical (unpaired) electrons. The molecule has 0 aliphatic heterocycles. The Balaban J connectivity index is 4.69. The first-order chi connectivity index (χ1) is 8.69. The molecule has 0 bridgehead atoms. The molecule has 1 atom stereocenters. The Bertz CT molecular complexity index is 323. The molecule has 0 aliphatic rings. The highest BCUT2D eigenvalue weighted by Crippen LogP contribution is 2.44. The Hall–Kier alpha value is -1.11. The minimum absolute atomic E-state index is 0.113. The number of hydrogen-bond donors (Lipinski definition) is 0. The third-order valence-electron chi connectivity index (χ3n) is 1.43. The molecule has 0 rings (SSSR count). The van der Waals surface area contributed by atoms with Gasteiger partial charge in [-0.05, 0) is 6.92 Å². The van der Waals surface area contributed by atoms with E-state index in [0.29, 0.717) is 0 Å². The van der Waals surface area contributed by atoms with Gasteiger partial charge in [0.1, 0.15) is 0 Å². The van der Waals surface area contributed by atoms with Gasteiger partial charge in [0.25, 0.3) is 0 Å². The van der Waals surface area contributed by atoms with E-state index in [4.69, 9.17) is 0 Å². The molecule has 0 fully saturated rings. The first-order valence-corrected chi connectivity index (χ1v) is 5.16. The fourth-order valence-corrected chi connectivity index (χ4v) is 1.02. The molecule has 0 saturated heterocycles. The lowest BCUT2D eigenvalue weighted by Crippen LogP contribution is -2.47. The van der Waals surface area contributed by atoms with Crippen LogP contribution in [-0.2, 0) is 28.4 Å². The molecule has 0 spiro atoms. The first kappa shape index (κ1) is 17.9. The lowest BCUT2D eigenvalue weighted by Gasteiger charge is -2.23. The summed E-state index contributed by atoms with van der Waals surface area (Å²) in [5.74, 6) is -3.67. The number of ether oxygens (including phenoxy) is 2. The van der Waals surface area contributed by atoms with Crippen molar-refractivity contribution in [1.82, 2.24) is 0 Å². The van der Waals surface area contributed by atoms with Crippen LogP contribution in [0.25, 0.3) is 0 Å². The maximum absolute atomic E-state index is 13.4. The maximum atomic E-state index is 13.4. The first-order valence-electron chi connectivity index (χ1n) is 4.41. The van der Waals surface area contributed by atoms with Crippen molar-refractivity contribution in [2.75, 3.05) is 13.2 Å². The van der Waals surface area contributed by atoms with E-state index in [0.717, 1.165) is 0 Å². The molecule has 0 aromatic heterocycles. The highest BCUT2D eigenvalue weighted by atomic mass is 32.2. The summed E-state index contributed by atoms with van der Waals surface area (Å²) in [5.41, 5.74) is 0. The van der Waals surface area contributed by atoms with Crippen LogP contribution in [0.5, 0.6) is 0 Å². The van der Waals surface area contributed by atoms with Gasteiger partial charge in [0, 0.05) is 0 Å². The van der Waals surface area contributed by atoms with E-state index in [9.17, 15) is 32.4 Å². The predicted octanol–water partition coefficient (Wildman–Crippen LogP) is 0.192. The minimum atomic E-state index is -5.76. The molecule has 0 N–H and O–H groups in total. The third kappa shape index (κ3) is 5.18. The van der Waals surface area contributed by atoms with Crippen molar-refractivity contribution in [3.05, 3.63) is 0 Å². The number of carbonyl (C=O) groups excluding carboxylic acids is 2. The molecule has 0 aromatic carbocycles. The van der Waals surface area contributed by atoms with Gasteiger partial charge in [0.05, 0.1) is 18.6 Å². The van der Waals surface area contributed by atoms with E-state index in [2.05, 4.69) is 18.8 Å². The van der Waals surface area contributed by atoms with Crippen LogP contribution >= 0.6 is 12.0 Å². The van der Waals surface area contributed by atoms with Crippen LogP contribution in [0.15, 0.2) is 0 Å². The Labute approximate surface area is 107 Å². The SMILES string of the molecule is CCOC(=O)COC(=O)C(F)(SOO[O-])C(F)(F)F. The second-order valence-corrected chi connectivity index (χ2v) is 3.56. The number of rotatable bonds is 7. The second-order valence-electron chi connectivity index (χ2n) is 2.69. The molecule has 19 heavy (non-hydrogen) atoms. The highest BCUT2D eigenvalue weighted by Gasteiger charge is 2.65. The van der Waals surface area contributed by atoms with Crippen LogP contribution in [-0.4, -0.2) is 36.3 Å². The van der Waals surface area contributed by atoms with Crippen molar-refractivity contribution in [3.8, 4) is 0 Å². The Morgan fingerprint density at radius 2 is 1.79 bits per heavy atom. The lowest BCUT2D eigenvalue weighted by atomic mass is 10.4. The van der Waals surface area contributed by atoms with E-state index in [1.165, 1.54) is 6.92 Å². The van der Waals surface area contributed by atoms with Crippen molar-refractivity contribution in [1.29, 1.82) is 0 Å². The normalized spacial score (nSPS) is 14.6. The number of esters is 2. The molecule has 0 amide bonds. The molecular weight excluding hydrogens is 304 g/mol. The van der Waals surface area contributed by atoms with Gasteiger partial charge in [-0.3, -0.25) is 5.04 Å². The highest BCUT2D eigenvalue weighted by molar-refractivity contribution is 7.96. The van der Waals surface area contributed by atoms with Crippen molar-refractivity contribution in [2.45, 2.75) is 18.1 Å². The summed E-state index contributed by atoms with van der Waals surface area (Å²) in [7, 11) is 0. The van der Waals surface area contributed by atoms with E-state index in [1.54, 1.807) is 0 Å². The van der Waals surface area contributed by atoms with Crippen molar-refractivity contribution in [3.63, 3.8) is 0 Å². The van der Waals surface area contributed by atoms with Crippen molar-refractivity contribution < 1.29 is 51.3 Å². The van der Waals surface area contributed by atoms with Crippen LogP contribution in [0.4, 0.5) is 17.6 Å². The maximum Gasteiger partial charge on any atom is 0.446 e. The van der Waals surface area contributed by atoms with Crippen LogP contribution in [0.3, 0.4) is 0 Å². The van der Waals surface area contributed by atoms with Crippen LogP contribution < -0.4 is 5.26 Å². The zero-order chi connectivity index (χ0) is 15.1. The fourth-order valence-electron chi connectivity index (χ4n) is 0.678. The van der Waals surface area contributed by atoms with Crippen LogP contribution in [0.1, 0.15) is 6.92 Å². The van der Waals surface area contributed by atoms with Crippen LogP contribution in [0, 0.1) is 0 Å². The summed E-state index contributed by atoms with van der Waals surface area (Å²) in [5, 5.41) is 7.18. The molecule has 7 nitrogen and oxygen atoms in total. The molecule has 0 saturated carbocycles. The Morgan fingerprint density at radius 1 is 1.21 bits per heavy atom. The van der Waals surface area contributed by atoms with E-state index < -0.39 is 41.8 Å². The van der Waals surface area contributed by atoms with Gasteiger partial charge in [-0.15, -0.1) is 0 Å². The van der Waals surface area contributed by atoms with Gasteiger partial charge in [-0.1, -0.05) is 0 Å². The molecule has 1 unspecified atom stereocenters. The average Bonchev–Trinajstić information content (AvgIpc) is 2.31. The number of hydrogen-bond acceptors (Lipinski definition) is 8. The van der Waals surface area contributed by atoms with Gasteiger partial charge in [0.15, 0.2) is 6.61 Å². The predicted molar refractivity (Wildman–Crippen MR) is 47.2 cm³/mol. The largest absolute Gasteiger partial charge is 0.691 e. The molecule has 12 heteroatoms. The number of halogens is 4. The van der Waals surface area contributed by atoms with Crippen molar-refractivity contribution >= 4 is 24.0 Å².